The quantitative estimate of drug-likeness (QED) is 0.287. The second-order valence-electron chi connectivity index (χ2n) is 8.89. The lowest BCUT2D eigenvalue weighted by Crippen LogP contribution is -2.25. The Kier molecular flexibility index (Phi) is 6.98. The van der Waals surface area contributed by atoms with Crippen molar-refractivity contribution < 1.29 is 19.4 Å². The van der Waals surface area contributed by atoms with Crippen molar-refractivity contribution in [3.8, 4) is 22.8 Å². The molecule has 0 aliphatic heterocycles. The van der Waals surface area contributed by atoms with E-state index in [1.165, 1.54) is 11.7 Å². The fraction of sp³-hybridized carbons (Fsp3) is 0.276. The topological polar surface area (TPSA) is 93.6 Å². The number of carboxylic acids is 1. The molecule has 2 N–H and O–H groups in total. The van der Waals surface area contributed by atoms with Gasteiger partial charge in [-0.2, -0.15) is 0 Å². The van der Waals surface area contributed by atoms with Crippen LogP contribution in [0, 0.1) is 0 Å². The standard InChI is InChI=1S/C29H29N3O4/c1-2-35-26-15-20-7-4-3-6-19(20)14-22(26)12-13-30-28-17-25(31-18-32-28)21-10-11-24(29(33)34)27(16-21)36-23-8-5-9-23/h3-4,6-7,10-11,14-18,23H,2,5,8-9,12-13H2,1H3,(H,33,34)(H,30,31,32). The third-order valence-electron chi connectivity index (χ3n) is 6.45. The molecule has 7 heteroatoms. The number of rotatable bonds is 10. The van der Waals surface area contributed by atoms with Gasteiger partial charge in [0.05, 0.1) is 18.4 Å². The van der Waals surface area contributed by atoms with E-state index >= 15 is 0 Å². The van der Waals surface area contributed by atoms with Gasteiger partial charge in [-0.3, -0.25) is 0 Å². The first-order valence-electron chi connectivity index (χ1n) is 12.4. The molecule has 184 valence electrons. The summed E-state index contributed by atoms with van der Waals surface area (Å²) < 4.78 is 11.9. The van der Waals surface area contributed by atoms with E-state index < -0.39 is 5.97 Å². The van der Waals surface area contributed by atoms with E-state index in [2.05, 4.69) is 39.6 Å². The maximum Gasteiger partial charge on any atom is 0.339 e. The van der Waals surface area contributed by atoms with E-state index in [1.807, 2.05) is 25.1 Å². The summed E-state index contributed by atoms with van der Waals surface area (Å²) in [5, 5.41) is 15.3. The van der Waals surface area contributed by atoms with Crippen LogP contribution in [0.1, 0.15) is 42.1 Å². The number of hydrogen-bond donors (Lipinski definition) is 2. The Balaban J connectivity index is 1.31. The largest absolute Gasteiger partial charge is 0.494 e. The van der Waals surface area contributed by atoms with E-state index in [1.54, 1.807) is 18.2 Å². The molecule has 1 saturated carbocycles. The summed E-state index contributed by atoms with van der Waals surface area (Å²) in [6, 6.07) is 19.5. The third kappa shape index (κ3) is 5.25. The number of ether oxygens (including phenoxy) is 2. The maximum atomic E-state index is 11.7. The Bertz CT molecular complexity index is 1380. The summed E-state index contributed by atoms with van der Waals surface area (Å²) >= 11 is 0. The first-order chi connectivity index (χ1) is 17.6. The number of carboxylic acid groups (broad SMARTS) is 1. The highest BCUT2D eigenvalue weighted by molar-refractivity contribution is 5.92. The van der Waals surface area contributed by atoms with Gasteiger partial charge in [0.25, 0.3) is 0 Å². The van der Waals surface area contributed by atoms with Crippen molar-refractivity contribution >= 4 is 22.6 Å². The highest BCUT2D eigenvalue weighted by Crippen LogP contribution is 2.32. The van der Waals surface area contributed by atoms with Crippen LogP contribution in [0.25, 0.3) is 22.0 Å². The lowest BCUT2D eigenvalue weighted by Gasteiger charge is -2.27. The number of fused-ring (bicyclic) bond motifs is 1. The second kappa shape index (κ2) is 10.6. The van der Waals surface area contributed by atoms with Crippen LogP contribution in [0.2, 0.25) is 0 Å². The highest BCUT2D eigenvalue weighted by atomic mass is 16.5. The normalized spacial score (nSPS) is 13.2. The van der Waals surface area contributed by atoms with Crippen LogP contribution < -0.4 is 14.8 Å². The summed E-state index contributed by atoms with van der Waals surface area (Å²) in [5.74, 6) is 0.986. The first kappa shape index (κ1) is 23.6. The molecule has 0 saturated heterocycles. The van der Waals surface area contributed by atoms with Gasteiger partial charge in [-0.15, -0.1) is 0 Å². The summed E-state index contributed by atoms with van der Waals surface area (Å²) in [7, 11) is 0. The van der Waals surface area contributed by atoms with Gasteiger partial charge < -0.3 is 19.9 Å². The van der Waals surface area contributed by atoms with Crippen LogP contribution >= 0.6 is 0 Å². The maximum absolute atomic E-state index is 11.7. The zero-order chi connectivity index (χ0) is 24.9. The number of nitrogens with zero attached hydrogens (tertiary/aromatic N) is 2. The van der Waals surface area contributed by atoms with Gasteiger partial charge in [-0.25, -0.2) is 14.8 Å². The highest BCUT2D eigenvalue weighted by Gasteiger charge is 2.22. The van der Waals surface area contributed by atoms with E-state index in [9.17, 15) is 9.90 Å². The summed E-state index contributed by atoms with van der Waals surface area (Å²) in [4.78, 5) is 20.4. The zero-order valence-corrected chi connectivity index (χ0v) is 20.2. The lowest BCUT2D eigenvalue weighted by molar-refractivity contribution is 0.0680. The Morgan fingerprint density at radius 3 is 2.56 bits per heavy atom. The van der Waals surface area contributed by atoms with Crippen molar-refractivity contribution in [2.24, 2.45) is 0 Å². The molecular weight excluding hydrogens is 454 g/mol. The van der Waals surface area contributed by atoms with Crippen molar-refractivity contribution in [1.82, 2.24) is 9.97 Å². The zero-order valence-electron chi connectivity index (χ0n) is 20.2. The van der Waals surface area contributed by atoms with Gasteiger partial charge in [0.2, 0.25) is 0 Å². The minimum atomic E-state index is -0.999. The molecule has 0 bridgehead atoms. The molecule has 1 fully saturated rings. The van der Waals surface area contributed by atoms with Gasteiger partial charge in [-0.05, 0) is 73.2 Å². The minimum Gasteiger partial charge on any atom is -0.494 e. The van der Waals surface area contributed by atoms with Crippen LogP contribution in [0.4, 0.5) is 5.82 Å². The predicted octanol–water partition coefficient (Wildman–Crippen LogP) is 5.98. The molecule has 0 unspecified atom stereocenters. The number of benzene rings is 3. The van der Waals surface area contributed by atoms with Gasteiger partial charge >= 0.3 is 5.97 Å². The van der Waals surface area contributed by atoms with Gasteiger partial charge in [0.15, 0.2) is 0 Å². The smallest absolute Gasteiger partial charge is 0.339 e. The number of anilines is 1. The molecule has 0 spiro atoms. The Morgan fingerprint density at radius 1 is 1.03 bits per heavy atom. The average Bonchev–Trinajstić information content (AvgIpc) is 2.86. The Hall–Kier alpha value is -4.13. The molecular formula is C29H29N3O4. The van der Waals surface area contributed by atoms with Crippen LogP contribution in [0.3, 0.4) is 0 Å². The van der Waals surface area contributed by atoms with E-state index in [4.69, 9.17) is 9.47 Å². The number of carbonyl (C=O) groups is 1. The number of aromatic carboxylic acids is 1. The summed E-state index contributed by atoms with van der Waals surface area (Å²) in [6.07, 6.45) is 5.38. The van der Waals surface area contributed by atoms with Crippen LogP contribution in [0.5, 0.6) is 11.5 Å². The molecule has 0 amide bonds. The van der Waals surface area contributed by atoms with Gasteiger partial charge in [0.1, 0.15) is 29.2 Å². The molecule has 1 aliphatic rings. The molecule has 0 radical (unpaired) electrons. The Labute approximate surface area is 210 Å². The molecule has 0 atom stereocenters. The van der Waals surface area contributed by atoms with E-state index in [-0.39, 0.29) is 11.7 Å². The number of nitrogens with one attached hydrogen (secondary N) is 1. The molecule has 3 aromatic carbocycles. The molecule has 1 aliphatic carbocycles. The fourth-order valence-electron chi connectivity index (χ4n) is 4.31. The van der Waals surface area contributed by atoms with Crippen LogP contribution in [-0.2, 0) is 6.42 Å². The summed E-state index contributed by atoms with van der Waals surface area (Å²) in [5.41, 5.74) is 2.79. The molecule has 1 heterocycles. The van der Waals surface area contributed by atoms with Crippen molar-refractivity contribution in [1.29, 1.82) is 0 Å². The minimum absolute atomic E-state index is 0.0812. The van der Waals surface area contributed by atoms with Crippen LogP contribution in [-0.4, -0.2) is 40.3 Å². The predicted molar refractivity (Wildman–Crippen MR) is 140 cm³/mol. The molecule has 7 nitrogen and oxygen atoms in total. The van der Waals surface area contributed by atoms with Crippen molar-refractivity contribution in [3.63, 3.8) is 0 Å². The molecule has 5 rings (SSSR count). The Morgan fingerprint density at radius 2 is 1.83 bits per heavy atom. The monoisotopic (exact) mass is 483 g/mol. The molecule has 4 aromatic rings. The van der Waals surface area contributed by atoms with Crippen molar-refractivity contribution in [2.45, 2.75) is 38.7 Å². The summed E-state index contributed by atoms with van der Waals surface area (Å²) in [6.45, 7) is 3.27. The van der Waals surface area contributed by atoms with Crippen molar-refractivity contribution in [3.05, 3.63) is 78.1 Å². The first-order valence-corrected chi connectivity index (χ1v) is 12.4. The van der Waals surface area contributed by atoms with E-state index in [0.29, 0.717) is 30.4 Å². The second-order valence-corrected chi connectivity index (χ2v) is 8.89. The van der Waals surface area contributed by atoms with Crippen molar-refractivity contribution in [2.75, 3.05) is 18.5 Å². The average molecular weight is 484 g/mol. The number of aromatic nitrogens is 2. The van der Waals surface area contributed by atoms with E-state index in [0.717, 1.165) is 47.9 Å². The van der Waals surface area contributed by atoms with Crippen LogP contribution in [0.15, 0.2) is 67.0 Å². The number of hydrogen-bond acceptors (Lipinski definition) is 6. The van der Waals surface area contributed by atoms with Gasteiger partial charge in [0, 0.05) is 18.2 Å². The molecule has 1 aromatic heterocycles. The lowest BCUT2D eigenvalue weighted by atomic mass is 9.96. The SMILES string of the molecule is CCOc1cc2ccccc2cc1CCNc1cc(-c2ccc(C(=O)O)c(OC3CCC3)c2)ncn1. The van der Waals surface area contributed by atoms with Gasteiger partial charge in [-0.1, -0.05) is 30.3 Å². The fourth-order valence-corrected chi connectivity index (χ4v) is 4.31. The molecule has 36 heavy (non-hydrogen) atoms. The third-order valence-corrected chi connectivity index (χ3v) is 6.45.